The molecule has 2 aromatic carbocycles. The third-order valence-electron chi connectivity index (χ3n) is 3.95. The highest BCUT2D eigenvalue weighted by Gasteiger charge is 2.11. The molecule has 0 fully saturated rings. The van der Waals surface area contributed by atoms with Crippen LogP contribution in [0.2, 0.25) is 0 Å². The molecular weight excluding hydrogens is 328 g/mol. The van der Waals surface area contributed by atoms with Gasteiger partial charge in [-0.25, -0.2) is 4.98 Å². The van der Waals surface area contributed by atoms with Crippen LogP contribution in [0.15, 0.2) is 47.8 Å². The molecule has 0 aliphatic rings. The van der Waals surface area contributed by atoms with Gasteiger partial charge in [0.05, 0.1) is 18.4 Å². The van der Waals surface area contributed by atoms with Gasteiger partial charge in [-0.1, -0.05) is 42.0 Å². The van der Waals surface area contributed by atoms with Crippen molar-refractivity contribution in [3.05, 3.63) is 69.5 Å². The maximum Gasteiger partial charge on any atom is 0.134 e. The first-order valence-corrected chi connectivity index (χ1v) is 8.78. The zero-order valence-electron chi connectivity index (χ0n) is 14.4. The Kier molecular flexibility index (Phi) is 4.97. The molecule has 1 heterocycles. The molecule has 0 radical (unpaired) electrons. The summed E-state index contributed by atoms with van der Waals surface area (Å²) in [5, 5.41) is 12.3. The summed E-state index contributed by atoms with van der Waals surface area (Å²) in [6, 6.07) is 16.2. The number of nitriles is 1. The molecule has 4 heteroatoms. The summed E-state index contributed by atoms with van der Waals surface area (Å²) in [5.41, 5.74) is 5.81. The number of rotatable bonds is 4. The van der Waals surface area contributed by atoms with E-state index in [1.165, 1.54) is 22.5 Å². The summed E-state index contributed by atoms with van der Waals surface area (Å²) >= 11 is 1.48. The molecule has 0 atom stereocenters. The van der Waals surface area contributed by atoms with Crippen LogP contribution in [-0.4, -0.2) is 12.1 Å². The van der Waals surface area contributed by atoms with Crippen LogP contribution in [0.1, 0.15) is 21.7 Å². The predicted molar refractivity (Wildman–Crippen MR) is 104 cm³/mol. The highest BCUT2D eigenvalue weighted by atomic mass is 32.1. The van der Waals surface area contributed by atoms with E-state index in [-0.39, 0.29) is 0 Å². The third-order valence-corrected chi connectivity index (χ3v) is 4.83. The Morgan fingerprint density at radius 3 is 2.72 bits per heavy atom. The maximum atomic E-state index is 9.58. The molecule has 0 spiro atoms. The summed E-state index contributed by atoms with van der Waals surface area (Å²) in [4.78, 5) is 4.68. The number of ether oxygens (including phenoxy) is 1. The maximum absolute atomic E-state index is 9.58. The fourth-order valence-corrected chi connectivity index (χ4v) is 3.49. The average Bonchev–Trinajstić information content (AvgIpc) is 3.09. The second-order valence-corrected chi connectivity index (χ2v) is 6.63. The van der Waals surface area contributed by atoms with Gasteiger partial charge in [-0.15, -0.1) is 11.3 Å². The Labute approximate surface area is 151 Å². The quantitative estimate of drug-likeness (QED) is 0.586. The smallest absolute Gasteiger partial charge is 0.134 e. The minimum absolute atomic E-state index is 0.533. The van der Waals surface area contributed by atoms with Gasteiger partial charge in [-0.3, -0.25) is 0 Å². The standard InChI is InChI=1S/C21H18N2OS/c1-14-8-9-18(15(2)10-14)19-13-25-21(23-19)17(12-22)11-16-6-4-5-7-20(16)24-3/h4-11,13H,1-3H3. The monoisotopic (exact) mass is 346 g/mol. The van der Waals surface area contributed by atoms with Crippen LogP contribution < -0.4 is 4.74 Å². The van der Waals surface area contributed by atoms with E-state index in [1.54, 1.807) is 7.11 Å². The van der Waals surface area contributed by atoms with E-state index in [4.69, 9.17) is 4.74 Å². The first-order valence-electron chi connectivity index (χ1n) is 7.90. The predicted octanol–water partition coefficient (Wildman–Crippen LogP) is 5.50. The Bertz CT molecular complexity index is 980. The molecule has 3 rings (SSSR count). The molecule has 0 aliphatic carbocycles. The van der Waals surface area contributed by atoms with E-state index in [9.17, 15) is 5.26 Å². The van der Waals surface area contributed by atoms with Crippen LogP contribution in [0.3, 0.4) is 0 Å². The first-order chi connectivity index (χ1) is 12.1. The lowest BCUT2D eigenvalue weighted by Crippen LogP contribution is -1.88. The molecule has 1 aromatic heterocycles. The second-order valence-electron chi connectivity index (χ2n) is 5.77. The molecule has 25 heavy (non-hydrogen) atoms. The van der Waals surface area contributed by atoms with E-state index in [0.29, 0.717) is 10.6 Å². The lowest BCUT2D eigenvalue weighted by atomic mass is 10.0. The lowest BCUT2D eigenvalue weighted by Gasteiger charge is -2.04. The molecule has 0 amide bonds. The van der Waals surface area contributed by atoms with Crippen molar-refractivity contribution in [1.29, 1.82) is 5.26 Å². The number of methoxy groups -OCH3 is 1. The molecule has 0 aliphatic heterocycles. The summed E-state index contributed by atoms with van der Waals surface area (Å²) in [6.45, 7) is 4.16. The van der Waals surface area contributed by atoms with Crippen molar-refractivity contribution in [3.8, 4) is 23.1 Å². The molecular formula is C21H18N2OS. The molecule has 3 nitrogen and oxygen atoms in total. The van der Waals surface area contributed by atoms with Crippen molar-refractivity contribution in [2.75, 3.05) is 7.11 Å². The van der Waals surface area contributed by atoms with Crippen molar-refractivity contribution >= 4 is 23.0 Å². The van der Waals surface area contributed by atoms with Crippen molar-refractivity contribution in [1.82, 2.24) is 4.98 Å². The molecule has 0 unspecified atom stereocenters. The minimum atomic E-state index is 0.533. The zero-order chi connectivity index (χ0) is 17.8. The van der Waals surface area contributed by atoms with E-state index in [0.717, 1.165) is 22.6 Å². The van der Waals surface area contributed by atoms with Crippen LogP contribution in [0.25, 0.3) is 22.9 Å². The number of hydrogen-bond donors (Lipinski definition) is 0. The van der Waals surface area contributed by atoms with Crippen molar-refractivity contribution in [3.63, 3.8) is 0 Å². The Morgan fingerprint density at radius 2 is 2.00 bits per heavy atom. The van der Waals surface area contributed by atoms with Crippen LogP contribution in [0, 0.1) is 25.2 Å². The van der Waals surface area contributed by atoms with Crippen LogP contribution >= 0.6 is 11.3 Å². The topological polar surface area (TPSA) is 45.9 Å². The van der Waals surface area contributed by atoms with E-state index in [1.807, 2.05) is 35.7 Å². The van der Waals surface area contributed by atoms with Gasteiger partial charge >= 0.3 is 0 Å². The van der Waals surface area contributed by atoms with Gasteiger partial charge in [0.2, 0.25) is 0 Å². The highest BCUT2D eigenvalue weighted by molar-refractivity contribution is 7.11. The van der Waals surface area contributed by atoms with Crippen LogP contribution in [-0.2, 0) is 0 Å². The number of allylic oxidation sites excluding steroid dienone is 1. The number of hydrogen-bond acceptors (Lipinski definition) is 4. The van der Waals surface area contributed by atoms with Gasteiger partial charge < -0.3 is 4.74 Å². The fraction of sp³-hybridized carbons (Fsp3) is 0.143. The van der Waals surface area contributed by atoms with Crippen molar-refractivity contribution in [2.24, 2.45) is 0 Å². The molecule has 0 bridgehead atoms. The lowest BCUT2D eigenvalue weighted by molar-refractivity contribution is 0.414. The van der Waals surface area contributed by atoms with E-state index >= 15 is 0 Å². The summed E-state index contributed by atoms with van der Waals surface area (Å²) in [6.07, 6.45) is 1.82. The van der Waals surface area contributed by atoms with Gasteiger partial charge in [0.1, 0.15) is 16.8 Å². The van der Waals surface area contributed by atoms with Gasteiger partial charge in [0.25, 0.3) is 0 Å². The third kappa shape index (κ3) is 3.62. The number of benzene rings is 2. The van der Waals surface area contributed by atoms with Gasteiger partial charge in [0.15, 0.2) is 0 Å². The van der Waals surface area contributed by atoms with Crippen molar-refractivity contribution in [2.45, 2.75) is 13.8 Å². The average molecular weight is 346 g/mol. The van der Waals surface area contributed by atoms with E-state index < -0.39 is 0 Å². The van der Waals surface area contributed by atoms with E-state index in [2.05, 4.69) is 43.1 Å². The number of aromatic nitrogens is 1. The summed E-state index contributed by atoms with van der Waals surface area (Å²) in [7, 11) is 1.63. The number of thiazole rings is 1. The number of aryl methyl sites for hydroxylation is 2. The zero-order valence-corrected chi connectivity index (χ0v) is 15.2. The van der Waals surface area contributed by atoms with Crippen LogP contribution in [0.4, 0.5) is 0 Å². The number of para-hydroxylation sites is 1. The molecule has 3 aromatic rings. The van der Waals surface area contributed by atoms with Crippen molar-refractivity contribution < 1.29 is 4.74 Å². The van der Waals surface area contributed by atoms with Gasteiger partial charge in [0, 0.05) is 16.5 Å². The van der Waals surface area contributed by atoms with Gasteiger partial charge in [-0.05, 0) is 31.6 Å². The fourth-order valence-electron chi connectivity index (χ4n) is 2.71. The summed E-state index contributed by atoms with van der Waals surface area (Å²) < 4.78 is 5.36. The molecule has 0 saturated heterocycles. The minimum Gasteiger partial charge on any atom is -0.496 e. The first kappa shape index (κ1) is 16.9. The summed E-state index contributed by atoms with van der Waals surface area (Å²) in [5.74, 6) is 0.737. The Balaban J connectivity index is 2.00. The Morgan fingerprint density at radius 1 is 1.20 bits per heavy atom. The second kappa shape index (κ2) is 7.33. The molecule has 0 N–H and O–H groups in total. The highest BCUT2D eigenvalue weighted by Crippen LogP contribution is 2.30. The number of nitrogens with zero attached hydrogens (tertiary/aromatic N) is 2. The van der Waals surface area contributed by atoms with Crippen LogP contribution in [0.5, 0.6) is 5.75 Å². The largest absolute Gasteiger partial charge is 0.496 e. The normalized spacial score (nSPS) is 11.2. The van der Waals surface area contributed by atoms with Gasteiger partial charge in [-0.2, -0.15) is 5.26 Å². The molecule has 124 valence electrons. The SMILES string of the molecule is COc1ccccc1C=C(C#N)c1nc(-c2ccc(C)cc2C)cs1. The molecule has 0 saturated carbocycles. The Hall–Kier alpha value is -2.90.